The summed E-state index contributed by atoms with van der Waals surface area (Å²) in [6.07, 6.45) is 1.66. The molecule has 2 rings (SSSR count). The van der Waals surface area contributed by atoms with E-state index >= 15 is 0 Å². The molecular formula is C12H15N3O. The largest absolute Gasteiger partial charge is 0.440 e. The van der Waals surface area contributed by atoms with Gasteiger partial charge in [0.2, 0.25) is 5.89 Å². The molecule has 0 bridgehead atoms. The molecule has 0 unspecified atom stereocenters. The van der Waals surface area contributed by atoms with Crippen molar-refractivity contribution in [2.75, 3.05) is 19.0 Å². The van der Waals surface area contributed by atoms with E-state index in [1.165, 1.54) is 0 Å². The highest BCUT2D eigenvalue weighted by Crippen LogP contribution is 2.21. The molecule has 0 aliphatic heterocycles. The maximum atomic E-state index is 5.47. The Morgan fingerprint density at radius 3 is 2.44 bits per heavy atom. The molecule has 2 aromatic rings. The zero-order chi connectivity index (χ0) is 11.5. The summed E-state index contributed by atoms with van der Waals surface area (Å²) in [6.45, 7) is 0.378. The first-order valence-electron chi connectivity index (χ1n) is 5.13. The lowest BCUT2D eigenvalue weighted by molar-refractivity contribution is 0.521. The Balaban J connectivity index is 2.27. The van der Waals surface area contributed by atoms with E-state index < -0.39 is 0 Å². The summed E-state index contributed by atoms with van der Waals surface area (Å²) in [5.74, 6) is 1.32. The van der Waals surface area contributed by atoms with E-state index in [-0.39, 0.29) is 0 Å². The van der Waals surface area contributed by atoms with Gasteiger partial charge in [0, 0.05) is 25.3 Å². The molecule has 4 nitrogen and oxygen atoms in total. The summed E-state index contributed by atoms with van der Waals surface area (Å²) >= 11 is 0. The van der Waals surface area contributed by atoms with Gasteiger partial charge in [-0.2, -0.15) is 0 Å². The third kappa shape index (κ3) is 2.06. The molecule has 16 heavy (non-hydrogen) atoms. The zero-order valence-corrected chi connectivity index (χ0v) is 9.47. The summed E-state index contributed by atoms with van der Waals surface area (Å²) in [5.41, 5.74) is 7.58. The minimum absolute atomic E-state index is 0.378. The highest BCUT2D eigenvalue weighted by molar-refractivity contribution is 5.58. The van der Waals surface area contributed by atoms with Crippen LogP contribution in [0.4, 0.5) is 5.69 Å². The molecule has 84 valence electrons. The van der Waals surface area contributed by atoms with E-state index in [0.29, 0.717) is 18.2 Å². The van der Waals surface area contributed by atoms with Gasteiger partial charge in [-0.1, -0.05) is 0 Å². The first-order chi connectivity index (χ1) is 7.70. The minimum atomic E-state index is 0.378. The van der Waals surface area contributed by atoms with Crippen molar-refractivity contribution in [3.05, 3.63) is 36.2 Å². The average Bonchev–Trinajstić information content (AvgIpc) is 2.77. The van der Waals surface area contributed by atoms with Crippen molar-refractivity contribution in [2.45, 2.75) is 6.54 Å². The quantitative estimate of drug-likeness (QED) is 0.852. The van der Waals surface area contributed by atoms with Crippen molar-refractivity contribution in [1.82, 2.24) is 4.98 Å². The highest BCUT2D eigenvalue weighted by Gasteiger charge is 2.05. The van der Waals surface area contributed by atoms with Crippen LogP contribution in [0, 0.1) is 0 Å². The number of aromatic nitrogens is 1. The number of nitrogens with two attached hydrogens (primary N) is 1. The maximum Gasteiger partial charge on any atom is 0.226 e. The Morgan fingerprint density at radius 2 is 1.94 bits per heavy atom. The van der Waals surface area contributed by atoms with Crippen LogP contribution in [0.25, 0.3) is 11.5 Å². The lowest BCUT2D eigenvalue weighted by atomic mass is 10.2. The molecule has 1 aromatic carbocycles. The van der Waals surface area contributed by atoms with Crippen LogP contribution < -0.4 is 10.6 Å². The van der Waals surface area contributed by atoms with Gasteiger partial charge in [0.15, 0.2) is 0 Å². The van der Waals surface area contributed by atoms with Gasteiger partial charge >= 0.3 is 0 Å². The Labute approximate surface area is 94.7 Å². The van der Waals surface area contributed by atoms with Gasteiger partial charge < -0.3 is 15.1 Å². The van der Waals surface area contributed by atoms with Crippen LogP contribution in [-0.2, 0) is 6.54 Å². The van der Waals surface area contributed by atoms with E-state index in [1.54, 1.807) is 6.20 Å². The Morgan fingerprint density at radius 1 is 1.25 bits per heavy atom. The summed E-state index contributed by atoms with van der Waals surface area (Å²) in [5, 5.41) is 0. The lowest BCUT2D eigenvalue weighted by Crippen LogP contribution is -2.07. The number of benzene rings is 1. The van der Waals surface area contributed by atoms with Crippen molar-refractivity contribution in [2.24, 2.45) is 5.73 Å². The van der Waals surface area contributed by atoms with Crippen LogP contribution in [0.3, 0.4) is 0 Å². The van der Waals surface area contributed by atoms with Gasteiger partial charge in [0.05, 0.1) is 12.7 Å². The molecule has 0 saturated carbocycles. The van der Waals surface area contributed by atoms with Crippen molar-refractivity contribution in [3.63, 3.8) is 0 Å². The fourth-order valence-electron chi connectivity index (χ4n) is 1.44. The standard InChI is InChI=1S/C12H15N3O/c1-15(2)10-5-3-9(4-6-10)12-14-8-11(7-13)16-12/h3-6,8H,7,13H2,1-2H3. The van der Waals surface area contributed by atoms with Gasteiger partial charge in [-0.3, -0.25) is 0 Å². The predicted molar refractivity (Wildman–Crippen MR) is 64.2 cm³/mol. The molecule has 1 aromatic heterocycles. The Bertz CT molecular complexity index is 459. The summed E-state index contributed by atoms with van der Waals surface area (Å²) < 4.78 is 5.47. The minimum Gasteiger partial charge on any atom is -0.440 e. The molecule has 0 fully saturated rings. The van der Waals surface area contributed by atoms with Crippen molar-refractivity contribution in [1.29, 1.82) is 0 Å². The summed E-state index contributed by atoms with van der Waals surface area (Å²) in [7, 11) is 4.01. The molecule has 0 amide bonds. The van der Waals surface area contributed by atoms with Gasteiger partial charge in [-0.15, -0.1) is 0 Å². The number of anilines is 1. The van der Waals surface area contributed by atoms with Crippen LogP contribution in [0.1, 0.15) is 5.76 Å². The number of nitrogens with zero attached hydrogens (tertiary/aromatic N) is 2. The molecule has 0 spiro atoms. The van der Waals surface area contributed by atoms with E-state index in [1.807, 2.05) is 43.3 Å². The Kier molecular flexibility index (Phi) is 2.92. The molecule has 1 heterocycles. The lowest BCUT2D eigenvalue weighted by Gasteiger charge is -2.11. The van der Waals surface area contributed by atoms with Crippen LogP contribution in [0.2, 0.25) is 0 Å². The fraction of sp³-hybridized carbons (Fsp3) is 0.250. The molecule has 0 saturated heterocycles. The predicted octanol–water partition coefficient (Wildman–Crippen LogP) is 1.87. The Hall–Kier alpha value is -1.81. The van der Waals surface area contributed by atoms with Crippen molar-refractivity contribution >= 4 is 5.69 Å². The zero-order valence-electron chi connectivity index (χ0n) is 9.47. The first kappa shape index (κ1) is 10.7. The van der Waals surface area contributed by atoms with Crippen LogP contribution >= 0.6 is 0 Å². The molecule has 0 atom stereocenters. The second kappa shape index (κ2) is 4.37. The highest BCUT2D eigenvalue weighted by atomic mass is 16.4. The van der Waals surface area contributed by atoms with E-state index in [0.717, 1.165) is 11.3 Å². The third-order valence-corrected chi connectivity index (χ3v) is 2.39. The van der Waals surface area contributed by atoms with Crippen LogP contribution in [0.5, 0.6) is 0 Å². The third-order valence-electron chi connectivity index (χ3n) is 2.39. The van der Waals surface area contributed by atoms with Gasteiger partial charge in [-0.25, -0.2) is 4.98 Å². The number of rotatable bonds is 3. The average molecular weight is 217 g/mol. The topological polar surface area (TPSA) is 55.3 Å². The molecule has 2 N–H and O–H groups in total. The van der Waals surface area contributed by atoms with Gasteiger partial charge in [-0.05, 0) is 24.3 Å². The van der Waals surface area contributed by atoms with E-state index in [2.05, 4.69) is 4.98 Å². The molecule has 0 aliphatic rings. The number of hydrogen-bond donors (Lipinski definition) is 1. The second-order valence-electron chi connectivity index (χ2n) is 3.78. The monoisotopic (exact) mass is 217 g/mol. The maximum absolute atomic E-state index is 5.47. The summed E-state index contributed by atoms with van der Waals surface area (Å²) in [4.78, 5) is 6.22. The van der Waals surface area contributed by atoms with Gasteiger partial charge in [0.25, 0.3) is 0 Å². The molecule has 4 heteroatoms. The molecule has 0 radical (unpaired) electrons. The van der Waals surface area contributed by atoms with Crippen molar-refractivity contribution < 1.29 is 4.42 Å². The number of oxazole rings is 1. The second-order valence-corrected chi connectivity index (χ2v) is 3.78. The smallest absolute Gasteiger partial charge is 0.226 e. The van der Waals surface area contributed by atoms with Crippen molar-refractivity contribution in [3.8, 4) is 11.5 Å². The van der Waals surface area contributed by atoms with Crippen LogP contribution in [-0.4, -0.2) is 19.1 Å². The SMILES string of the molecule is CN(C)c1ccc(-c2ncc(CN)o2)cc1. The van der Waals surface area contributed by atoms with Gasteiger partial charge in [0.1, 0.15) is 5.76 Å². The van der Waals surface area contributed by atoms with E-state index in [9.17, 15) is 0 Å². The molecule has 0 aliphatic carbocycles. The van der Waals surface area contributed by atoms with E-state index in [4.69, 9.17) is 10.2 Å². The number of hydrogen-bond acceptors (Lipinski definition) is 4. The normalized spacial score (nSPS) is 10.4. The molecular weight excluding hydrogens is 202 g/mol. The van der Waals surface area contributed by atoms with Crippen LogP contribution in [0.15, 0.2) is 34.9 Å². The first-order valence-corrected chi connectivity index (χ1v) is 5.13. The fourth-order valence-corrected chi connectivity index (χ4v) is 1.44. The summed E-state index contributed by atoms with van der Waals surface area (Å²) in [6, 6.07) is 8.03.